The van der Waals surface area contributed by atoms with Crippen LogP contribution in [0.15, 0.2) is 38.6 Å². The van der Waals surface area contributed by atoms with Gasteiger partial charge in [0.25, 0.3) is 5.91 Å². The normalized spacial score (nSPS) is 32.5. The van der Waals surface area contributed by atoms with Crippen molar-refractivity contribution in [1.29, 1.82) is 5.41 Å². The Bertz CT molecular complexity index is 920. The number of likely N-dealkylation sites (N-methyl/N-ethyl adjacent to an activating group) is 1. The summed E-state index contributed by atoms with van der Waals surface area (Å²) in [5.41, 5.74) is 8.57. The summed E-state index contributed by atoms with van der Waals surface area (Å²) in [7, 11) is 4.42. The van der Waals surface area contributed by atoms with Crippen LogP contribution in [0.2, 0.25) is 0 Å². The van der Waals surface area contributed by atoms with E-state index in [2.05, 4.69) is 31.2 Å². The standard InChI is InChI=1S/C19H22BrN4OP/c1-10(26)13-9-18(6-5-15(13)21)8-11-3-4-12(20)7-14(11)19(18)16(25)24(2)17(22)23-19/h3-4,7,21H,5-6,8-9,26H2,1-2H3,(H2,22,23)/b13-10-,21-15?. The number of benzene rings is 1. The van der Waals surface area contributed by atoms with E-state index in [0.717, 1.165) is 39.3 Å². The maximum Gasteiger partial charge on any atom is 0.262 e. The predicted octanol–water partition coefficient (Wildman–Crippen LogP) is 3.33. The summed E-state index contributed by atoms with van der Waals surface area (Å²) in [5.74, 6) is 0.219. The molecular formula is C19H22BrN4OP. The Hall–Kier alpha value is -1.52. The van der Waals surface area contributed by atoms with Crippen LogP contribution in [0.1, 0.15) is 37.3 Å². The third kappa shape index (κ3) is 2.15. The van der Waals surface area contributed by atoms with Crippen molar-refractivity contribution >= 4 is 42.7 Å². The van der Waals surface area contributed by atoms with Crippen LogP contribution >= 0.6 is 25.2 Å². The zero-order valence-corrected chi connectivity index (χ0v) is 17.6. The molecule has 0 saturated heterocycles. The number of fused-ring (bicyclic) bond motifs is 3. The molecule has 1 amide bonds. The summed E-state index contributed by atoms with van der Waals surface area (Å²) in [6, 6.07) is 6.13. The van der Waals surface area contributed by atoms with Crippen molar-refractivity contribution in [3.63, 3.8) is 0 Å². The van der Waals surface area contributed by atoms with Gasteiger partial charge >= 0.3 is 0 Å². The number of hydrogen-bond acceptors (Lipinski definition) is 4. The lowest BCUT2D eigenvalue weighted by atomic mass is 9.60. The minimum atomic E-state index is -0.989. The molecule has 3 aliphatic rings. The molecule has 1 aromatic carbocycles. The molecule has 1 heterocycles. The molecule has 136 valence electrons. The van der Waals surface area contributed by atoms with Crippen LogP contribution in [0.3, 0.4) is 0 Å². The van der Waals surface area contributed by atoms with Crippen molar-refractivity contribution in [3.8, 4) is 0 Å². The number of aliphatic imine (C=N–C) groups is 1. The van der Waals surface area contributed by atoms with Crippen LogP contribution < -0.4 is 5.73 Å². The molecule has 7 heteroatoms. The van der Waals surface area contributed by atoms with E-state index in [1.165, 1.54) is 4.90 Å². The van der Waals surface area contributed by atoms with E-state index in [1.807, 2.05) is 19.1 Å². The quantitative estimate of drug-likeness (QED) is 0.616. The van der Waals surface area contributed by atoms with Gasteiger partial charge < -0.3 is 11.1 Å². The summed E-state index contributed by atoms with van der Waals surface area (Å²) >= 11 is 3.55. The van der Waals surface area contributed by atoms with Gasteiger partial charge in [-0.15, -0.1) is 9.24 Å². The van der Waals surface area contributed by atoms with E-state index in [-0.39, 0.29) is 17.3 Å². The second-order valence-electron chi connectivity index (χ2n) is 7.62. The minimum Gasteiger partial charge on any atom is -0.369 e. The van der Waals surface area contributed by atoms with Gasteiger partial charge in [-0.1, -0.05) is 27.3 Å². The highest BCUT2D eigenvalue weighted by atomic mass is 79.9. The number of hydrogen-bond donors (Lipinski definition) is 2. The molecule has 26 heavy (non-hydrogen) atoms. The van der Waals surface area contributed by atoms with Gasteiger partial charge in [0.05, 0.1) is 0 Å². The largest absolute Gasteiger partial charge is 0.369 e. The lowest BCUT2D eigenvalue weighted by Gasteiger charge is -2.44. The van der Waals surface area contributed by atoms with E-state index in [4.69, 9.17) is 16.1 Å². The van der Waals surface area contributed by atoms with Crippen molar-refractivity contribution in [1.82, 2.24) is 4.90 Å². The molecule has 3 unspecified atom stereocenters. The molecule has 5 nitrogen and oxygen atoms in total. The van der Waals surface area contributed by atoms with Gasteiger partial charge in [-0.25, -0.2) is 4.99 Å². The fourth-order valence-electron chi connectivity index (χ4n) is 4.87. The van der Waals surface area contributed by atoms with Gasteiger partial charge in [0.1, 0.15) is 0 Å². The van der Waals surface area contributed by atoms with E-state index >= 15 is 0 Å². The zero-order valence-electron chi connectivity index (χ0n) is 14.9. The molecule has 1 aliphatic heterocycles. The lowest BCUT2D eigenvalue weighted by Crippen LogP contribution is -2.51. The fraction of sp³-hybridized carbons (Fsp3) is 0.421. The Kier molecular flexibility index (Phi) is 3.94. The van der Waals surface area contributed by atoms with E-state index in [0.29, 0.717) is 18.6 Å². The van der Waals surface area contributed by atoms with Crippen molar-refractivity contribution in [2.75, 3.05) is 7.05 Å². The molecule has 0 aromatic heterocycles. The predicted molar refractivity (Wildman–Crippen MR) is 110 cm³/mol. The number of nitrogens with zero attached hydrogens (tertiary/aromatic N) is 2. The van der Waals surface area contributed by atoms with E-state index < -0.39 is 5.54 Å². The summed E-state index contributed by atoms with van der Waals surface area (Å²) < 4.78 is 0.936. The van der Waals surface area contributed by atoms with Gasteiger partial charge in [-0.05, 0) is 61.4 Å². The average Bonchev–Trinajstić information content (AvgIpc) is 2.98. The van der Waals surface area contributed by atoms with Gasteiger partial charge in [-0.2, -0.15) is 0 Å². The number of nitrogens with two attached hydrogens (primary N) is 1. The topological polar surface area (TPSA) is 82.5 Å². The van der Waals surface area contributed by atoms with Crippen molar-refractivity contribution < 1.29 is 4.79 Å². The first kappa shape index (κ1) is 17.9. The number of guanidine groups is 1. The fourth-order valence-corrected chi connectivity index (χ4v) is 5.50. The second-order valence-corrected chi connectivity index (χ2v) is 9.40. The highest BCUT2D eigenvalue weighted by Crippen LogP contribution is 2.62. The smallest absolute Gasteiger partial charge is 0.262 e. The Morgan fingerprint density at radius 3 is 2.77 bits per heavy atom. The van der Waals surface area contributed by atoms with Crippen molar-refractivity contribution in [3.05, 3.63) is 44.7 Å². The molecule has 3 atom stereocenters. The second kappa shape index (κ2) is 5.74. The summed E-state index contributed by atoms with van der Waals surface area (Å²) in [5, 5.41) is 9.44. The average molecular weight is 433 g/mol. The molecule has 4 rings (SSSR count). The first-order chi connectivity index (χ1) is 12.2. The number of allylic oxidation sites excluding steroid dienone is 2. The van der Waals surface area contributed by atoms with Gasteiger partial charge in [0.15, 0.2) is 11.5 Å². The Morgan fingerprint density at radius 1 is 1.42 bits per heavy atom. The molecule has 2 aliphatic carbocycles. The SMILES string of the molecule is C/C(P)=C1\CC2(CCC1=N)Cc1ccc(Br)cc1C21N=C(N)N(C)C1=O. The molecule has 1 aromatic rings. The molecular weight excluding hydrogens is 411 g/mol. The molecule has 1 fully saturated rings. The molecule has 0 bridgehead atoms. The Morgan fingerprint density at radius 2 is 2.15 bits per heavy atom. The van der Waals surface area contributed by atoms with Crippen molar-refractivity contribution in [2.24, 2.45) is 16.1 Å². The molecule has 0 radical (unpaired) electrons. The number of rotatable bonds is 0. The molecule has 3 N–H and O–H groups in total. The monoisotopic (exact) mass is 432 g/mol. The number of halogens is 1. The lowest BCUT2D eigenvalue weighted by molar-refractivity contribution is -0.135. The number of carbonyl (C=O) groups excluding carboxylic acids is 1. The van der Waals surface area contributed by atoms with Crippen LogP contribution in [0, 0.1) is 10.8 Å². The third-order valence-electron chi connectivity index (χ3n) is 6.21. The zero-order chi connectivity index (χ0) is 18.9. The first-order valence-corrected chi connectivity index (χ1v) is 10.0. The van der Waals surface area contributed by atoms with Crippen LogP contribution in [0.4, 0.5) is 0 Å². The minimum absolute atomic E-state index is 0.0546. The maximum absolute atomic E-state index is 13.5. The van der Waals surface area contributed by atoms with E-state index in [1.54, 1.807) is 7.05 Å². The van der Waals surface area contributed by atoms with Gasteiger partial charge in [-0.3, -0.25) is 9.69 Å². The van der Waals surface area contributed by atoms with E-state index in [9.17, 15) is 4.79 Å². The number of amides is 1. The highest BCUT2D eigenvalue weighted by Gasteiger charge is 2.66. The van der Waals surface area contributed by atoms with Gasteiger partial charge in [0.2, 0.25) is 0 Å². The summed E-state index contributed by atoms with van der Waals surface area (Å²) in [6.07, 6.45) is 2.87. The van der Waals surface area contributed by atoms with Crippen LogP contribution in [-0.2, 0) is 16.8 Å². The maximum atomic E-state index is 13.5. The molecule has 1 saturated carbocycles. The van der Waals surface area contributed by atoms with Gasteiger partial charge in [0, 0.05) is 22.6 Å². The number of nitrogens with one attached hydrogen (secondary N) is 1. The highest BCUT2D eigenvalue weighted by molar-refractivity contribution is 9.10. The van der Waals surface area contributed by atoms with Crippen LogP contribution in [0.5, 0.6) is 0 Å². The molecule has 2 spiro atoms. The summed E-state index contributed by atoms with van der Waals surface area (Å²) in [4.78, 5) is 19.8. The Labute approximate surface area is 164 Å². The van der Waals surface area contributed by atoms with Crippen LogP contribution in [-0.4, -0.2) is 29.5 Å². The third-order valence-corrected chi connectivity index (χ3v) is 7.05. The van der Waals surface area contributed by atoms with Crippen molar-refractivity contribution in [2.45, 2.75) is 38.1 Å². The van der Waals surface area contributed by atoms with Crippen LogP contribution in [0.25, 0.3) is 0 Å². The Balaban J connectivity index is 1.98. The summed E-state index contributed by atoms with van der Waals surface area (Å²) in [6.45, 7) is 2.01. The number of carbonyl (C=O) groups is 1. The first-order valence-electron chi connectivity index (χ1n) is 8.67.